The summed E-state index contributed by atoms with van der Waals surface area (Å²) in [4.78, 5) is 14.6. The minimum atomic E-state index is -3.95. The average molecular weight is 367 g/mol. The predicted octanol–water partition coefficient (Wildman–Crippen LogP) is 2.45. The molecule has 0 aliphatic heterocycles. The van der Waals surface area contributed by atoms with Gasteiger partial charge < -0.3 is 9.38 Å². The molecule has 0 aliphatic carbocycles. The zero-order chi connectivity index (χ0) is 16.9. The van der Waals surface area contributed by atoms with Crippen LogP contribution in [0.2, 0.25) is 0 Å². The number of likely N-dealkylation sites (N-methyl/N-ethyl adjacent to an activating group) is 2. The molecule has 0 saturated carbocycles. The van der Waals surface area contributed by atoms with E-state index in [1.54, 1.807) is 0 Å². The molecule has 0 aromatic carbocycles. The topological polar surface area (TPSA) is 62.2 Å². The van der Waals surface area contributed by atoms with Crippen molar-refractivity contribution in [3.8, 4) is 0 Å². The Morgan fingerprint density at radius 3 is 2.24 bits per heavy atom. The summed E-state index contributed by atoms with van der Waals surface area (Å²) < 4.78 is 19.6. The Labute approximate surface area is 137 Å². The minimum absolute atomic E-state index is 0.0939. The normalized spacial score (nSPS) is 16.5. The third-order valence-electron chi connectivity index (χ3n) is 2.93. The fourth-order valence-electron chi connectivity index (χ4n) is 1.11. The molecular weight excluding hydrogens is 340 g/mol. The highest BCUT2D eigenvalue weighted by molar-refractivity contribution is 7.50. The molecule has 1 N–H and O–H groups in total. The Bertz CT molecular complexity index is 364. The molecule has 0 aromatic rings. The molecule has 0 bridgehead atoms. The summed E-state index contributed by atoms with van der Waals surface area (Å²) in [5, 5.41) is 0. The van der Waals surface area contributed by atoms with Crippen LogP contribution in [0.1, 0.15) is 20.3 Å². The summed E-state index contributed by atoms with van der Waals surface area (Å²) in [5.41, 5.74) is -0.526. The van der Waals surface area contributed by atoms with E-state index in [0.29, 0.717) is 24.0 Å². The van der Waals surface area contributed by atoms with Crippen molar-refractivity contribution in [1.29, 1.82) is 0 Å². The highest BCUT2D eigenvalue weighted by Crippen LogP contribution is 2.45. The van der Waals surface area contributed by atoms with Crippen LogP contribution in [0.3, 0.4) is 0 Å². The summed E-state index contributed by atoms with van der Waals surface area (Å²) in [6, 6.07) is 0. The van der Waals surface area contributed by atoms with Crippen LogP contribution in [0.5, 0.6) is 0 Å². The summed E-state index contributed by atoms with van der Waals surface area (Å²) in [6.45, 7) is 4.81. The second-order valence-electron chi connectivity index (χ2n) is 6.58. The first-order valence-electron chi connectivity index (χ1n) is 6.56. The maximum atomic E-state index is 12.0. The van der Waals surface area contributed by atoms with Crippen LogP contribution >= 0.6 is 31.3 Å². The third-order valence-corrected chi connectivity index (χ3v) is 5.21. The smallest absolute Gasteiger partial charge is 0.330 e. The molecule has 0 heterocycles. The van der Waals surface area contributed by atoms with Gasteiger partial charge in [-0.05, 0) is 50.9 Å². The van der Waals surface area contributed by atoms with E-state index in [2.05, 4.69) is 4.67 Å². The fraction of sp³-hybridized carbons (Fsp3) is 1.00. The molecule has 21 heavy (non-hydrogen) atoms. The van der Waals surface area contributed by atoms with Crippen LogP contribution in [-0.2, 0) is 14.1 Å². The van der Waals surface area contributed by atoms with Crippen LogP contribution in [-0.4, -0.2) is 71.4 Å². The Kier molecular flexibility index (Phi) is 8.66. The first-order valence-corrected chi connectivity index (χ1v) is 8.76. The molecule has 0 aliphatic rings. The third kappa shape index (κ3) is 9.33. The molecule has 1 atom stereocenters. The average Bonchev–Trinajstić information content (AvgIpc) is 2.30. The van der Waals surface area contributed by atoms with Gasteiger partial charge in [0.05, 0.1) is 40.8 Å². The summed E-state index contributed by atoms with van der Waals surface area (Å²) >= 11 is 11.3. The molecular formula is C11H27Cl2N3O4P+. The maximum Gasteiger partial charge on any atom is 0.432 e. The van der Waals surface area contributed by atoms with Gasteiger partial charge >= 0.3 is 7.75 Å². The fourth-order valence-corrected chi connectivity index (χ4v) is 1.95. The second-order valence-corrected chi connectivity index (χ2v) is 9.24. The molecule has 0 radical (unpaired) electrons. The summed E-state index contributed by atoms with van der Waals surface area (Å²) in [7, 11) is 3.56. The van der Waals surface area contributed by atoms with Crippen LogP contribution in [0.4, 0.5) is 0 Å². The molecule has 0 spiro atoms. The molecule has 0 aromatic heterocycles. The predicted molar refractivity (Wildman–Crippen MR) is 84.6 cm³/mol. The van der Waals surface area contributed by atoms with Crippen molar-refractivity contribution in [2.24, 2.45) is 0 Å². The van der Waals surface area contributed by atoms with Crippen molar-refractivity contribution >= 4 is 31.3 Å². The van der Waals surface area contributed by atoms with Gasteiger partial charge in [0.25, 0.3) is 0 Å². The number of quaternary nitrogens is 1. The first kappa shape index (κ1) is 21.6. The highest BCUT2D eigenvalue weighted by Gasteiger charge is 2.30. The largest absolute Gasteiger partial charge is 0.432 e. The zero-order valence-corrected chi connectivity index (χ0v) is 16.0. The van der Waals surface area contributed by atoms with Gasteiger partial charge in [0, 0.05) is 5.54 Å². The van der Waals surface area contributed by atoms with Gasteiger partial charge in [-0.1, -0.05) is 0 Å². The number of hydrogen-bond acceptors (Lipinski definition) is 4. The van der Waals surface area contributed by atoms with Gasteiger partial charge in [-0.25, -0.2) is 14.1 Å². The Morgan fingerprint density at radius 1 is 1.29 bits per heavy atom. The van der Waals surface area contributed by atoms with Gasteiger partial charge in [0.2, 0.25) is 0 Å². The van der Waals surface area contributed by atoms with E-state index in [0.717, 1.165) is 3.94 Å². The van der Waals surface area contributed by atoms with Crippen molar-refractivity contribution in [3.63, 3.8) is 0 Å². The lowest BCUT2D eigenvalue weighted by Gasteiger charge is -2.29. The summed E-state index contributed by atoms with van der Waals surface area (Å²) in [6.07, 6.45) is 0.433. The van der Waals surface area contributed by atoms with Gasteiger partial charge in [0.15, 0.2) is 0 Å². The van der Waals surface area contributed by atoms with E-state index in [9.17, 15) is 9.46 Å². The number of halogens is 2. The SMILES string of the molecule is CN(CC[N+](C)(C)C)P(=O)(O)OOCCC(C)(C)N(Cl)Cl. The molecule has 0 rings (SSSR count). The first-order chi connectivity index (χ1) is 9.28. The van der Waals surface area contributed by atoms with Crippen molar-refractivity contribution in [2.45, 2.75) is 25.8 Å². The molecule has 1 unspecified atom stereocenters. The summed E-state index contributed by atoms with van der Waals surface area (Å²) in [5.74, 6) is 0. The second kappa shape index (κ2) is 8.43. The zero-order valence-electron chi connectivity index (χ0n) is 13.5. The highest BCUT2D eigenvalue weighted by atomic mass is 35.5. The van der Waals surface area contributed by atoms with Gasteiger partial charge in [-0.3, -0.25) is 0 Å². The monoisotopic (exact) mass is 366 g/mol. The van der Waals surface area contributed by atoms with Crippen LogP contribution in [0.15, 0.2) is 0 Å². The minimum Gasteiger partial charge on any atom is -0.330 e. The van der Waals surface area contributed by atoms with E-state index in [-0.39, 0.29) is 6.61 Å². The molecule has 7 nitrogen and oxygen atoms in total. The number of nitrogens with zero attached hydrogens (tertiary/aromatic N) is 3. The molecule has 128 valence electrons. The lowest BCUT2D eigenvalue weighted by Crippen LogP contribution is -2.40. The van der Waals surface area contributed by atoms with Gasteiger partial charge in [-0.2, -0.15) is 0 Å². The van der Waals surface area contributed by atoms with E-state index in [1.807, 2.05) is 35.0 Å². The maximum absolute atomic E-state index is 12.0. The lowest BCUT2D eigenvalue weighted by atomic mass is 10.0. The van der Waals surface area contributed by atoms with Crippen molar-refractivity contribution < 1.29 is 23.5 Å². The molecule has 10 heteroatoms. The van der Waals surface area contributed by atoms with Crippen LogP contribution in [0.25, 0.3) is 0 Å². The van der Waals surface area contributed by atoms with Crippen molar-refractivity contribution in [1.82, 2.24) is 8.61 Å². The Morgan fingerprint density at radius 2 is 1.81 bits per heavy atom. The van der Waals surface area contributed by atoms with Crippen molar-refractivity contribution in [2.75, 3.05) is 47.9 Å². The molecule has 0 amide bonds. The van der Waals surface area contributed by atoms with Crippen LogP contribution < -0.4 is 0 Å². The van der Waals surface area contributed by atoms with Crippen LogP contribution in [0, 0.1) is 0 Å². The van der Waals surface area contributed by atoms with E-state index < -0.39 is 13.3 Å². The van der Waals surface area contributed by atoms with Gasteiger partial charge in [-0.15, -0.1) is 8.61 Å². The van der Waals surface area contributed by atoms with Gasteiger partial charge in [0.1, 0.15) is 0 Å². The number of rotatable bonds is 10. The van der Waals surface area contributed by atoms with Crippen molar-refractivity contribution in [3.05, 3.63) is 0 Å². The van der Waals surface area contributed by atoms with E-state index in [1.165, 1.54) is 11.7 Å². The Balaban J connectivity index is 4.16. The standard InChI is InChI=1S/C11H26Cl2N3O4P/c1-11(2,15(12)13)7-10-19-20-21(17,18)14(3)8-9-16(4,5)6/h7-10H2,1-6H3/p+1. The lowest BCUT2D eigenvalue weighted by molar-refractivity contribution is -0.869. The Hall–Kier alpha value is 0.570. The molecule has 0 saturated heterocycles. The van der Waals surface area contributed by atoms with E-state index >= 15 is 0 Å². The molecule has 0 fully saturated rings. The number of hydrogen-bond donors (Lipinski definition) is 1. The quantitative estimate of drug-likeness (QED) is 0.160. The van der Waals surface area contributed by atoms with E-state index in [4.69, 9.17) is 28.4 Å².